The molecule has 1 aromatic carbocycles. The van der Waals surface area contributed by atoms with Crippen LogP contribution in [0.3, 0.4) is 0 Å². The smallest absolute Gasteiger partial charge is 0.0617 e. The summed E-state index contributed by atoms with van der Waals surface area (Å²) in [6, 6.07) is 10.2. The van der Waals surface area contributed by atoms with Crippen molar-refractivity contribution in [1.82, 2.24) is 0 Å². The van der Waals surface area contributed by atoms with Crippen molar-refractivity contribution in [1.29, 1.82) is 0 Å². The summed E-state index contributed by atoms with van der Waals surface area (Å²) < 4.78 is 0. The molecule has 84 valence electrons. The molecule has 1 heteroatoms. The van der Waals surface area contributed by atoms with Gasteiger partial charge in [0.25, 0.3) is 0 Å². The molecule has 16 heavy (non-hydrogen) atoms. The third-order valence-corrected chi connectivity index (χ3v) is 2.91. The third-order valence-electron chi connectivity index (χ3n) is 2.91. The molecule has 1 aromatic rings. The summed E-state index contributed by atoms with van der Waals surface area (Å²) in [5.41, 5.74) is 2.58. The van der Waals surface area contributed by atoms with Gasteiger partial charge in [-0.05, 0) is 31.2 Å². The number of allylic oxidation sites excluding steroid dienone is 3. The molecule has 0 heterocycles. The van der Waals surface area contributed by atoms with Gasteiger partial charge in [-0.3, -0.25) is 0 Å². The Bertz CT molecular complexity index is 376. The predicted molar refractivity (Wildman–Crippen MR) is 67.2 cm³/mol. The van der Waals surface area contributed by atoms with Gasteiger partial charge in [-0.15, -0.1) is 0 Å². The van der Waals surface area contributed by atoms with Gasteiger partial charge in [-0.2, -0.15) is 0 Å². The molecule has 0 fully saturated rings. The van der Waals surface area contributed by atoms with E-state index in [1.165, 1.54) is 11.1 Å². The lowest BCUT2D eigenvalue weighted by Gasteiger charge is -2.14. The van der Waals surface area contributed by atoms with E-state index in [0.29, 0.717) is 0 Å². The van der Waals surface area contributed by atoms with Crippen LogP contribution in [0, 0.1) is 0 Å². The molecule has 0 amide bonds. The number of hydrogen-bond acceptors (Lipinski definition) is 1. The van der Waals surface area contributed by atoms with Crippen LogP contribution in [0.15, 0.2) is 54.1 Å². The molecule has 0 bridgehead atoms. The zero-order chi connectivity index (χ0) is 11.2. The molecule has 2 rings (SSSR count). The van der Waals surface area contributed by atoms with E-state index in [4.69, 9.17) is 0 Å². The first kappa shape index (κ1) is 11.2. The molecule has 1 unspecified atom stereocenters. The van der Waals surface area contributed by atoms with Gasteiger partial charge >= 0.3 is 0 Å². The van der Waals surface area contributed by atoms with Crippen LogP contribution < -0.4 is 0 Å². The van der Waals surface area contributed by atoms with Crippen molar-refractivity contribution in [2.45, 2.75) is 31.8 Å². The average Bonchev–Trinajstić information content (AvgIpc) is 2.31. The summed E-state index contributed by atoms with van der Waals surface area (Å²) in [5.74, 6) is 0. The van der Waals surface area contributed by atoms with E-state index in [0.717, 1.165) is 25.7 Å². The lowest BCUT2D eigenvalue weighted by atomic mass is 9.96. The molecule has 1 N–H and O–H groups in total. The summed E-state index contributed by atoms with van der Waals surface area (Å²) >= 11 is 0. The van der Waals surface area contributed by atoms with Crippen LogP contribution in [-0.2, 0) is 6.42 Å². The maximum atomic E-state index is 9.99. The van der Waals surface area contributed by atoms with Gasteiger partial charge in [-0.25, -0.2) is 0 Å². The Morgan fingerprint density at radius 3 is 2.62 bits per heavy atom. The summed E-state index contributed by atoms with van der Waals surface area (Å²) in [7, 11) is 0. The highest BCUT2D eigenvalue weighted by Crippen LogP contribution is 2.18. The minimum atomic E-state index is -0.250. The highest BCUT2D eigenvalue weighted by molar-refractivity contribution is 5.20. The Kier molecular flexibility index (Phi) is 3.95. The highest BCUT2D eigenvalue weighted by atomic mass is 16.3. The molecule has 0 saturated heterocycles. The van der Waals surface area contributed by atoms with Crippen LogP contribution in [0.25, 0.3) is 0 Å². The third kappa shape index (κ3) is 3.35. The second-order valence-electron chi connectivity index (χ2n) is 4.34. The van der Waals surface area contributed by atoms with Gasteiger partial charge in [0.1, 0.15) is 0 Å². The van der Waals surface area contributed by atoms with Crippen LogP contribution in [0.1, 0.15) is 24.8 Å². The van der Waals surface area contributed by atoms with Crippen molar-refractivity contribution >= 4 is 0 Å². The number of hydrogen-bond donors (Lipinski definition) is 1. The minimum Gasteiger partial charge on any atom is -0.392 e. The zero-order valence-corrected chi connectivity index (χ0v) is 9.47. The lowest BCUT2D eigenvalue weighted by molar-refractivity contribution is 0.174. The molecule has 0 spiro atoms. The second kappa shape index (κ2) is 5.66. The van der Waals surface area contributed by atoms with Gasteiger partial charge < -0.3 is 5.11 Å². The van der Waals surface area contributed by atoms with Crippen LogP contribution in [0.4, 0.5) is 0 Å². The number of aliphatic hydroxyl groups excluding tert-OH is 1. The Labute approximate surface area is 97.1 Å². The van der Waals surface area contributed by atoms with E-state index in [1.807, 2.05) is 18.2 Å². The Hall–Kier alpha value is -1.34. The molecule has 0 aromatic heterocycles. The monoisotopic (exact) mass is 214 g/mol. The number of aliphatic hydroxyl groups is 1. The van der Waals surface area contributed by atoms with Crippen molar-refractivity contribution < 1.29 is 5.11 Å². The van der Waals surface area contributed by atoms with Gasteiger partial charge in [0.05, 0.1) is 6.10 Å². The van der Waals surface area contributed by atoms with Crippen molar-refractivity contribution in [2.24, 2.45) is 0 Å². The SMILES string of the molecule is OC(CC1=CC=CCC1)Cc1ccccc1. The Balaban J connectivity index is 1.87. The lowest BCUT2D eigenvalue weighted by Crippen LogP contribution is -2.11. The van der Waals surface area contributed by atoms with Crippen molar-refractivity contribution in [3.8, 4) is 0 Å². The standard InChI is InChI=1S/C15H18O/c16-15(11-13-7-3-1-4-8-13)12-14-9-5-2-6-10-14/h1-5,7-9,15-16H,6,10-12H2. The van der Waals surface area contributed by atoms with Crippen LogP contribution in [0.2, 0.25) is 0 Å². The zero-order valence-electron chi connectivity index (χ0n) is 9.47. The van der Waals surface area contributed by atoms with Crippen LogP contribution in [0.5, 0.6) is 0 Å². The Morgan fingerprint density at radius 2 is 1.94 bits per heavy atom. The van der Waals surface area contributed by atoms with Crippen molar-refractivity contribution in [3.63, 3.8) is 0 Å². The molecular formula is C15H18O. The van der Waals surface area contributed by atoms with E-state index >= 15 is 0 Å². The number of rotatable bonds is 4. The van der Waals surface area contributed by atoms with Crippen LogP contribution in [-0.4, -0.2) is 11.2 Å². The molecule has 1 nitrogen and oxygen atoms in total. The van der Waals surface area contributed by atoms with E-state index in [-0.39, 0.29) is 6.10 Å². The van der Waals surface area contributed by atoms with Gasteiger partial charge in [0, 0.05) is 0 Å². The van der Waals surface area contributed by atoms with E-state index < -0.39 is 0 Å². The fraction of sp³-hybridized carbons (Fsp3) is 0.333. The largest absolute Gasteiger partial charge is 0.392 e. The normalized spacial score (nSPS) is 16.9. The van der Waals surface area contributed by atoms with E-state index in [9.17, 15) is 5.11 Å². The maximum Gasteiger partial charge on any atom is 0.0617 e. The first-order chi connectivity index (χ1) is 7.84. The second-order valence-corrected chi connectivity index (χ2v) is 4.34. The number of benzene rings is 1. The molecule has 1 atom stereocenters. The Morgan fingerprint density at radius 1 is 1.12 bits per heavy atom. The maximum absolute atomic E-state index is 9.99. The molecular weight excluding hydrogens is 196 g/mol. The summed E-state index contributed by atoms with van der Waals surface area (Å²) in [6.07, 6.45) is 9.92. The average molecular weight is 214 g/mol. The fourth-order valence-corrected chi connectivity index (χ4v) is 2.08. The fourth-order valence-electron chi connectivity index (χ4n) is 2.08. The van der Waals surface area contributed by atoms with Gasteiger partial charge in [-0.1, -0.05) is 54.1 Å². The van der Waals surface area contributed by atoms with Crippen molar-refractivity contribution in [2.75, 3.05) is 0 Å². The quantitative estimate of drug-likeness (QED) is 0.815. The van der Waals surface area contributed by atoms with E-state index in [2.05, 4.69) is 30.4 Å². The van der Waals surface area contributed by atoms with Crippen LogP contribution >= 0.6 is 0 Å². The highest BCUT2D eigenvalue weighted by Gasteiger charge is 2.09. The first-order valence-electron chi connectivity index (χ1n) is 5.91. The summed E-state index contributed by atoms with van der Waals surface area (Å²) in [5, 5.41) is 9.99. The minimum absolute atomic E-state index is 0.250. The topological polar surface area (TPSA) is 20.2 Å². The molecule has 1 aliphatic carbocycles. The van der Waals surface area contributed by atoms with Crippen molar-refractivity contribution in [3.05, 3.63) is 59.7 Å². The molecule has 0 radical (unpaired) electrons. The molecule has 0 aliphatic heterocycles. The first-order valence-corrected chi connectivity index (χ1v) is 5.91. The molecule has 0 saturated carbocycles. The molecule has 1 aliphatic rings. The summed E-state index contributed by atoms with van der Waals surface area (Å²) in [4.78, 5) is 0. The van der Waals surface area contributed by atoms with E-state index in [1.54, 1.807) is 0 Å². The summed E-state index contributed by atoms with van der Waals surface area (Å²) in [6.45, 7) is 0. The van der Waals surface area contributed by atoms with Gasteiger partial charge in [0.15, 0.2) is 0 Å². The van der Waals surface area contributed by atoms with Gasteiger partial charge in [0.2, 0.25) is 0 Å². The predicted octanol–water partition coefficient (Wildman–Crippen LogP) is 3.26.